The third kappa shape index (κ3) is 2.29. The van der Waals surface area contributed by atoms with Gasteiger partial charge < -0.3 is 11.1 Å². The van der Waals surface area contributed by atoms with E-state index in [1.54, 1.807) is 0 Å². The van der Waals surface area contributed by atoms with E-state index in [1.807, 2.05) is 0 Å². The number of rotatable bonds is 2. The number of benzene rings is 3. The summed E-state index contributed by atoms with van der Waals surface area (Å²) in [7, 11) is 0. The monoisotopic (exact) mass is 290 g/mol. The Morgan fingerprint density at radius 2 is 1.41 bits per heavy atom. The fourth-order valence-electron chi connectivity index (χ4n) is 3.85. The third-order valence-corrected chi connectivity index (χ3v) is 5.04. The van der Waals surface area contributed by atoms with Crippen LogP contribution in [0.5, 0.6) is 0 Å². The van der Waals surface area contributed by atoms with Crippen LogP contribution in [0.15, 0.2) is 54.6 Å². The zero-order valence-electron chi connectivity index (χ0n) is 12.8. The summed E-state index contributed by atoms with van der Waals surface area (Å²) >= 11 is 0. The molecular formula is C20H22N2. The van der Waals surface area contributed by atoms with Gasteiger partial charge in [-0.1, -0.05) is 48.5 Å². The highest BCUT2D eigenvalue weighted by Crippen LogP contribution is 2.36. The van der Waals surface area contributed by atoms with Crippen molar-refractivity contribution in [2.45, 2.75) is 18.9 Å². The van der Waals surface area contributed by atoms with Crippen molar-refractivity contribution in [3.8, 4) is 0 Å². The fourth-order valence-corrected chi connectivity index (χ4v) is 3.85. The molecule has 0 spiro atoms. The van der Waals surface area contributed by atoms with Gasteiger partial charge in [0.25, 0.3) is 0 Å². The molecule has 1 atom stereocenters. The molecule has 1 fully saturated rings. The largest absolute Gasteiger partial charge is 0.324 e. The van der Waals surface area contributed by atoms with Gasteiger partial charge in [0.05, 0.1) is 0 Å². The molecule has 1 aliphatic rings. The van der Waals surface area contributed by atoms with Crippen LogP contribution >= 0.6 is 0 Å². The van der Waals surface area contributed by atoms with Gasteiger partial charge in [0, 0.05) is 6.04 Å². The van der Waals surface area contributed by atoms with Crippen LogP contribution in [0.1, 0.15) is 24.4 Å². The molecule has 1 saturated heterocycles. The van der Waals surface area contributed by atoms with E-state index in [4.69, 9.17) is 5.73 Å². The van der Waals surface area contributed by atoms with E-state index in [0.29, 0.717) is 5.92 Å². The second-order valence-corrected chi connectivity index (χ2v) is 6.35. The summed E-state index contributed by atoms with van der Waals surface area (Å²) in [5.74, 6) is 0.565. The second kappa shape index (κ2) is 5.71. The Kier molecular flexibility index (Phi) is 3.57. The minimum atomic E-state index is 0.109. The SMILES string of the molecule is N[C@@H](c1c2ccccc2cc2ccccc12)C1CCNCC1. The van der Waals surface area contributed by atoms with Crippen LogP contribution < -0.4 is 11.1 Å². The average Bonchev–Trinajstić information content (AvgIpc) is 2.60. The van der Waals surface area contributed by atoms with Crippen LogP contribution in [0.4, 0.5) is 0 Å². The molecule has 4 rings (SSSR count). The summed E-state index contributed by atoms with van der Waals surface area (Å²) in [4.78, 5) is 0. The second-order valence-electron chi connectivity index (χ2n) is 6.35. The molecule has 0 amide bonds. The Morgan fingerprint density at radius 1 is 0.864 bits per heavy atom. The van der Waals surface area contributed by atoms with E-state index in [-0.39, 0.29) is 6.04 Å². The van der Waals surface area contributed by atoms with Gasteiger partial charge in [-0.15, -0.1) is 0 Å². The summed E-state index contributed by atoms with van der Waals surface area (Å²) in [5.41, 5.74) is 8.11. The van der Waals surface area contributed by atoms with Crippen molar-refractivity contribution in [1.82, 2.24) is 5.32 Å². The van der Waals surface area contributed by atoms with Gasteiger partial charge in [0.1, 0.15) is 0 Å². The van der Waals surface area contributed by atoms with E-state index in [9.17, 15) is 0 Å². The summed E-state index contributed by atoms with van der Waals surface area (Å²) in [6.45, 7) is 2.17. The highest BCUT2D eigenvalue weighted by Gasteiger charge is 2.24. The van der Waals surface area contributed by atoms with Gasteiger partial charge in [0.2, 0.25) is 0 Å². The zero-order valence-corrected chi connectivity index (χ0v) is 12.8. The van der Waals surface area contributed by atoms with Crippen molar-refractivity contribution >= 4 is 21.5 Å². The number of fused-ring (bicyclic) bond motifs is 2. The maximum atomic E-state index is 6.77. The Balaban J connectivity index is 1.95. The van der Waals surface area contributed by atoms with Crippen molar-refractivity contribution in [3.05, 3.63) is 60.2 Å². The molecule has 0 bridgehead atoms. The minimum absolute atomic E-state index is 0.109. The molecule has 1 aliphatic heterocycles. The fraction of sp³-hybridized carbons (Fsp3) is 0.300. The molecule has 1 heterocycles. The Morgan fingerprint density at radius 3 is 2.00 bits per heavy atom. The van der Waals surface area contributed by atoms with Gasteiger partial charge in [-0.05, 0) is 65.0 Å². The van der Waals surface area contributed by atoms with E-state index in [2.05, 4.69) is 59.9 Å². The van der Waals surface area contributed by atoms with Crippen molar-refractivity contribution in [1.29, 1.82) is 0 Å². The molecule has 112 valence electrons. The van der Waals surface area contributed by atoms with Gasteiger partial charge in [-0.25, -0.2) is 0 Å². The first kappa shape index (κ1) is 13.7. The lowest BCUT2D eigenvalue weighted by molar-refractivity contribution is 0.324. The van der Waals surface area contributed by atoms with Crippen molar-refractivity contribution < 1.29 is 0 Å². The normalized spacial score (nSPS) is 17.9. The first-order valence-electron chi connectivity index (χ1n) is 8.21. The molecule has 0 aliphatic carbocycles. The standard InChI is InChI=1S/C20H22N2/c21-20(14-9-11-22-12-10-14)19-17-7-3-1-5-15(17)13-16-6-2-4-8-18(16)19/h1-8,13-14,20,22H,9-12,21H2/t20-/m1/s1. The number of nitrogens with one attached hydrogen (secondary N) is 1. The smallest absolute Gasteiger partial charge is 0.0336 e. The first-order chi connectivity index (χ1) is 10.8. The Bertz CT molecular complexity index is 749. The molecule has 0 saturated carbocycles. The van der Waals surface area contributed by atoms with Crippen LogP contribution in [0.3, 0.4) is 0 Å². The van der Waals surface area contributed by atoms with Crippen molar-refractivity contribution in [2.75, 3.05) is 13.1 Å². The quantitative estimate of drug-likeness (QED) is 0.700. The highest BCUT2D eigenvalue weighted by atomic mass is 14.9. The Labute approximate surface area is 131 Å². The number of hydrogen-bond donors (Lipinski definition) is 2. The maximum Gasteiger partial charge on any atom is 0.0336 e. The zero-order chi connectivity index (χ0) is 14.9. The average molecular weight is 290 g/mol. The summed E-state index contributed by atoms with van der Waals surface area (Å²) < 4.78 is 0. The molecule has 3 N–H and O–H groups in total. The van der Waals surface area contributed by atoms with E-state index >= 15 is 0 Å². The number of nitrogens with two attached hydrogens (primary N) is 1. The molecule has 22 heavy (non-hydrogen) atoms. The van der Waals surface area contributed by atoms with Gasteiger partial charge >= 0.3 is 0 Å². The lowest BCUT2D eigenvalue weighted by atomic mass is 9.82. The van der Waals surface area contributed by atoms with Gasteiger partial charge in [-0.3, -0.25) is 0 Å². The van der Waals surface area contributed by atoms with Crippen molar-refractivity contribution in [2.24, 2.45) is 11.7 Å². The molecular weight excluding hydrogens is 268 g/mol. The lowest BCUT2D eigenvalue weighted by Crippen LogP contribution is -2.34. The van der Waals surface area contributed by atoms with Crippen LogP contribution in [0.2, 0.25) is 0 Å². The molecule has 2 nitrogen and oxygen atoms in total. The molecule has 0 unspecified atom stereocenters. The molecule has 0 aromatic heterocycles. The summed E-state index contributed by atoms with van der Waals surface area (Å²) in [6, 6.07) is 19.7. The first-order valence-corrected chi connectivity index (χ1v) is 8.21. The predicted octanol–water partition coefficient (Wildman–Crippen LogP) is 3.99. The van der Waals surface area contributed by atoms with Crippen molar-refractivity contribution in [3.63, 3.8) is 0 Å². The minimum Gasteiger partial charge on any atom is -0.324 e. The molecule has 0 radical (unpaired) electrons. The maximum absolute atomic E-state index is 6.77. The molecule has 3 aromatic rings. The topological polar surface area (TPSA) is 38.0 Å². The van der Waals surface area contributed by atoms with Crippen LogP contribution in [0.25, 0.3) is 21.5 Å². The predicted molar refractivity (Wildman–Crippen MR) is 94.0 cm³/mol. The van der Waals surface area contributed by atoms with E-state index in [1.165, 1.54) is 39.9 Å². The Hall–Kier alpha value is -1.90. The van der Waals surface area contributed by atoms with E-state index < -0.39 is 0 Å². The molecule has 2 heteroatoms. The van der Waals surface area contributed by atoms with Gasteiger partial charge in [-0.2, -0.15) is 0 Å². The highest BCUT2D eigenvalue weighted by molar-refractivity contribution is 6.02. The van der Waals surface area contributed by atoms with Crippen LogP contribution in [0, 0.1) is 5.92 Å². The number of piperidine rings is 1. The van der Waals surface area contributed by atoms with Gasteiger partial charge in [0.15, 0.2) is 0 Å². The van der Waals surface area contributed by atoms with E-state index in [0.717, 1.165) is 13.1 Å². The lowest BCUT2D eigenvalue weighted by Gasteiger charge is -2.30. The summed E-state index contributed by atoms with van der Waals surface area (Å²) in [6.07, 6.45) is 2.33. The number of hydrogen-bond acceptors (Lipinski definition) is 2. The third-order valence-electron chi connectivity index (χ3n) is 5.04. The van der Waals surface area contributed by atoms with Crippen LogP contribution in [-0.2, 0) is 0 Å². The summed E-state index contributed by atoms with van der Waals surface area (Å²) in [5, 5.41) is 8.65. The molecule has 3 aromatic carbocycles. The van der Waals surface area contributed by atoms with Crippen LogP contribution in [-0.4, -0.2) is 13.1 Å².